The van der Waals surface area contributed by atoms with E-state index in [4.69, 9.17) is 0 Å². The minimum absolute atomic E-state index is 0.796. The summed E-state index contributed by atoms with van der Waals surface area (Å²) in [5.41, 5.74) is 3.93. The number of aromatic amines is 1. The number of hydrogen-bond donors (Lipinski definition) is 1. The first-order valence-electron chi connectivity index (χ1n) is 13.1. The summed E-state index contributed by atoms with van der Waals surface area (Å²) >= 11 is 0. The Hall–Kier alpha value is -2.28. The lowest BCUT2D eigenvalue weighted by Crippen LogP contribution is -2.29. The van der Waals surface area contributed by atoms with Crippen molar-refractivity contribution in [2.45, 2.75) is 65.6 Å². The third kappa shape index (κ3) is 9.53. The Balaban J connectivity index is 1.43. The van der Waals surface area contributed by atoms with Gasteiger partial charge in [-0.1, -0.05) is 44.2 Å². The van der Waals surface area contributed by atoms with Gasteiger partial charge in [0.05, 0.1) is 6.54 Å². The largest absolute Gasteiger partial charge is 0.348 e. The number of nitrogens with zero attached hydrogens (tertiary/aromatic N) is 5. The number of rotatable bonds is 17. The van der Waals surface area contributed by atoms with Crippen molar-refractivity contribution in [2.24, 2.45) is 4.99 Å². The fraction of sp³-hybridized carbons (Fsp3) is 0.571. The summed E-state index contributed by atoms with van der Waals surface area (Å²) in [7, 11) is 2.24. The van der Waals surface area contributed by atoms with Crippen LogP contribution in [-0.4, -0.2) is 70.2 Å². The molecule has 0 saturated heterocycles. The number of hydrogen-bond acceptors (Lipinski definition) is 5. The van der Waals surface area contributed by atoms with Crippen LogP contribution < -0.4 is 0 Å². The average molecular weight is 465 g/mol. The number of unbranched alkanes of at least 4 members (excludes halogenated alkanes) is 1. The van der Waals surface area contributed by atoms with E-state index >= 15 is 0 Å². The molecule has 0 fully saturated rings. The summed E-state index contributed by atoms with van der Waals surface area (Å²) in [6.45, 7) is 13.0. The molecule has 6 nitrogen and oxygen atoms in total. The van der Waals surface area contributed by atoms with Crippen LogP contribution in [-0.2, 0) is 19.6 Å². The second-order valence-corrected chi connectivity index (χ2v) is 9.57. The summed E-state index contributed by atoms with van der Waals surface area (Å²) in [6, 6.07) is 9.13. The number of aromatic nitrogens is 2. The molecule has 1 aromatic heterocycles. The summed E-state index contributed by atoms with van der Waals surface area (Å²) < 4.78 is 0. The molecule has 1 N–H and O–H groups in total. The van der Waals surface area contributed by atoms with E-state index in [0.717, 1.165) is 45.0 Å². The zero-order valence-corrected chi connectivity index (χ0v) is 21.5. The highest BCUT2D eigenvalue weighted by atomic mass is 15.2. The van der Waals surface area contributed by atoms with Gasteiger partial charge in [0.1, 0.15) is 5.82 Å². The molecule has 0 unspecified atom stereocenters. The molecule has 0 aliphatic carbocycles. The molecule has 186 valence electrons. The topological polar surface area (TPSA) is 50.8 Å². The second-order valence-electron chi connectivity index (χ2n) is 9.57. The lowest BCUT2D eigenvalue weighted by atomic mass is 10.1. The molecule has 0 amide bonds. The van der Waals surface area contributed by atoms with E-state index in [2.05, 4.69) is 80.9 Å². The molecule has 34 heavy (non-hydrogen) atoms. The van der Waals surface area contributed by atoms with E-state index in [0.29, 0.717) is 0 Å². The lowest BCUT2D eigenvalue weighted by molar-refractivity contribution is 0.255. The quantitative estimate of drug-likeness (QED) is 0.331. The van der Waals surface area contributed by atoms with Gasteiger partial charge in [-0.2, -0.15) is 0 Å². The Morgan fingerprint density at radius 3 is 2.15 bits per heavy atom. The molecule has 6 heteroatoms. The van der Waals surface area contributed by atoms with Crippen molar-refractivity contribution in [1.82, 2.24) is 24.7 Å². The Morgan fingerprint density at radius 1 is 0.824 bits per heavy atom. The fourth-order valence-electron chi connectivity index (χ4n) is 4.61. The molecular weight excluding hydrogens is 420 g/mol. The van der Waals surface area contributed by atoms with E-state index in [1.165, 1.54) is 62.2 Å². The maximum atomic E-state index is 4.51. The molecular formula is C28H44N6. The van der Waals surface area contributed by atoms with E-state index < -0.39 is 0 Å². The van der Waals surface area contributed by atoms with Gasteiger partial charge in [-0.3, -0.25) is 9.89 Å². The minimum atomic E-state index is 0.796. The standard InChI is InChI=1S/C28H44N6/c1-4-17-33(18-5-2)20-7-6-19-32(3)21-25-10-12-26(13-11-25)22-34(23-27-9-8-14-29-27)24-28-30-15-16-31-28/h8,10-16H,4-7,9,17-24H2,1-3H3,(H,30,31). The van der Waals surface area contributed by atoms with Gasteiger partial charge >= 0.3 is 0 Å². The van der Waals surface area contributed by atoms with E-state index in [1.807, 2.05) is 18.6 Å². The maximum Gasteiger partial charge on any atom is 0.120 e. The van der Waals surface area contributed by atoms with E-state index in [-0.39, 0.29) is 0 Å². The van der Waals surface area contributed by atoms with Gasteiger partial charge in [-0.05, 0) is 70.0 Å². The number of H-pyrrole nitrogens is 1. The summed E-state index contributed by atoms with van der Waals surface area (Å²) in [5, 5.41) is 0. The average Bonchev–Trinajstić information content (AvgIpc) is 3.53. The first-order chi connectivity index (χ1) is 16.7. The maximum absolute atomic E-state index is 4.51. The Morgan fingerprint density at radius 2 is 1.53 bits per heavy atom. The molecule has 1 aliphatic rings. The predicted octanol–water partition coefficient (Wildman–Crippen LogP) is 5.10. The summed E-state index contributed by atoms with van der Waals surface area (Å²) in [6.07, 6.45) is 13.8. The molecule has 1 aromatic carbocycles. The highest BCUT2D eigenvalue weighted by molar-refractivity contribution is 5.89. The van der Waals surface area contributed by atoms with Gasteiger partial charge in [0, 0.05) is 50.4 Å². The summed E-state index contributed by atoms with van der Waals surface area (Å²) in [5.74, 6) is 0.998. The van der Waals surface area contributed by atoms with Gasteiger partial charge in [-0.15, -0.1) is 0 Å². The smallest absolute Gasteiger partial charge is 0.120 e. The third-order valence-corrected chi connectivity index (χ3v) is 6.28. The van der Waals surface area contributed by atoms with Crippen LogP contribution in [0.5, 0.6) is 0 Å². The van der Waals surface area contributed by atoms with Gasteiger partial charge in [-0.25, -0.2) is 4.98 Å². The first-order valence-corrected chi connectivity index (χ1v) is 13.1. The molecule has 1 aliphatic heterocycles. The minimum Gasteiger partial charge on any atom is -0.348 e. The van der Waals surface area contributed by atoms with Crippen molar-refractivity contribution >= 4 is 5.71 Å². The van der Waals surface area contributed by atoms with Crippen molar-refractivity contribution in [3.63, 3.8) is 0 Å². The monoisotopic (exact) mass is 464 g/mol. The van der Waals surface area contributed by atoms with Crippen LogP contribution >= 0.6 is 0 Å². The Kier molecular flexibility index (Phi) is 11.5. The van der Waals surface area contributed by atoms with Crippen LogP contribution in [0.3, 0.4) is 0 Å². The zero-order valence-electron chi connectivity index (χ0n) is 21.5. The SMILES string of the molecule is CCCN(CCC)CCCCN(C)Cc1ccc(CN(CC2=NC=CC2)Cc2ncc[nH]2)cc1. The molecule has 2 heterocycles. The van der Waals surface area contributed by atoms with Crippen molar-refractivity contribution in [3.05, 3.63) is 65.9 Å². The van der Waals surface area contributed by atoms with Crippen LogP contribution in [0.4, 0.5) is 0 Å². The van der Waals surface area contributed by atoms with Crippen LogP contribution in [0, 0.1) is 0 Å². The van der Waals surface area contributed by atoms with Crippen molar-refractivity contribution in [2.75, 3.05) is 39.8 Å². The summed E-state index contributed by atoms with van der Waals surface area (Å²) in [4.78, 5) is 19.6. The number of nitrogens with one attached hydrogen (secondary N) is 1. The van der Waals surface area contributed by atoms with Crippen molar-refractivity contribution < 1.29 is 0 Å². The molecule has 0 radical (unpaired) electrons. The molecule has 0 atom stereocenters. The number of aliphatic imine (C=N–C) groups is 1. The van der Waals surface area contributed by atoms with Crippen LogP contribution in [0.2, 0.25) is 0 Å². The molecule has 3 rings (SSSR count). The van der Waals surface area contributed by atoms with Crippen molar-refractivity contribution in [3.8, 4) is 0 Å². The van der Waals surface area contributed by atoms with Gasteiger partial charge in [0.15, 0.2) is 0 Å². The number of benzene rings is 1. The van der Waals surface area contributed by atoms with Crippen LogP contribution in [0.15, 0.2) is 53.9 Å². The van der Waals surface area contributed by atoms with E-state index in [1.54, 1.807) is 0 Å². The Bertz CT molecular complexity index is 850. The van der Waals surface area contributed by atoms with E-state index in [9.17, 15) is 0 Å². The second kappa shape index (κ2) is 14.9. The van der Waals surface area contributed by atoms with Crippen molar-refractivity contribution in [1.29, 1.82) is 0 Å². The van der Waals surface area contributed by atoms with Gasteiger partial charge in [0.25, 0.3) is 0 Å². The van der Waals surface area contributed by atoms with Crippen LogP contribution in [0.25, 0.3) is 0 Å². The normalized spacial score (nSPS) is 13.5. The Labute approximate surface area is 206 Å². The molecule has 0 spiro atoms. The highest BCUT2D eigenvalue weighted by Crippen LogP contribution is 2.13. The fourth-order valence-corrected chi connectivity index (χ4v) is 4.61. The molecule has 0 bridgehead atoms. The van der Waals surface area contributed by atoms with Crippen LogP contribution in [0.1, 0.15) is 62.9 Å². The zero-order chi connectivity index (χ0) is 24.0. The van der Waals surface area contributed by atoms with Gasteiger partial charge < -0.3 is 14.8 Å². The van der Waals surface area contributed by atoms with Gasteiger partial charge in [0.2, 0.25) is 0 Å². The first kappa shape index (κ1) is 26.3. The molecule has 0 saturated carbocycles. The highest BCUT2D eigenvalue weighted by Gasteiger charge is 2.13. The lowest BCUT2D eigenvalue weighted by Gasteiger charge is -2.22. The number of allylic oxidation sites excluding steroid dienone is 1. The third-order valence-electron chi connectivity index (χ3n) is 6.28. The predicted molar refractivity (Wildman–Crippen MR) is 143 cm³/mol. The number of imidazole rings is 1. The molecule has 2 aromatic rings.